The average Bonchev–Trinajstić information content (AvgIpc) is 3.56. The van der Waals surface area contributed by atoms with E-state index in [9.17, 15) is 40.9 Å². The Balaban J connectivity index is 1.14. The van der Waals surface area contributed by atoms with Crippen LogP contribution in [0.25, 0.3) is 0 Å². The molecule has 51 heavy (non-hydrogen) atoms. The first-order valence-electron chi connectivity index (χ1n) is 19.5. The Morgan fingerprint density at radius 1 is 0.824 bits per heavy atom. The summed E-state index contributed by atoms with van der Waals surface area (Å²) in [6.07, 6.45) is -5.03. The fourth-order valence-corrected chi connectivity index (χ4v) is 12.2. The molecule has 2 heterocycles. The molecule has 0 spiro atoms. The lowest BCUT2D eigenvalue weighted by Crippen LogP contribution is -2.68. The molecule has 6 aliphatic rings. The number of rotatable bonds is 11. The Bertz CT molecular complexity index is 1180. The lowest BCUT2D eigenvalue weighted by Gasteiger charge is -2.66. The third kappa shape index (κ3) is 6.97. The topological polar surface area (TPSA) is 208 Å². The molecule has 0 bridgehead atoms. The zero-order valence-corrected chi connectivity index (χ0v) is 31.3. The molecule has 4 aliphatic carbocycles. The van der Waals surface area contributed by atoms with Crippen LogP contribution in [-0.4, -0.2) is 140 Å². The van der Waals surface area contributed by atoms with Crippen LogP contribution in [0.1, 0.15) is 92.4 Å². The van der Waals surface area contributed by atoms with E-state index in [1.807, 2.05) is 0 Å². The molecule has 8 N–H and O–H groups in total. The Kier molecular flexibility index (Phi) is 12.0. The fourth-order valence-electron chi connectivity index (χ4n) is 12.2. The summed E-state index contributed by atoms with van der Waals surface area (Å²) in [6.45, 7) is 10.2. The Morgan fingerprint density at radius 3 is 2.20 bits per heavy atom. The quantitative estimate of drug-likeness (QED) is 0.150. The highest BCUT2D eigenvalue weighted by molar-refractivity contribution is 5.20. The van der Waals surface area contributed by atoms with Gasteiger partial charge in [-0.05, 0) is 91.8 Å². The number of aliphatic hydroxyl groups excluding tert-OH is 7. The molecule has 0 radical (unpaired) electrons. The van der Waals surface area contributed by atoms with Crippen molar-refractivity contribution in [3.8, 4) is 0 Å². The van der Waals surface area contributed by atoms with Crippen molar-refractivity contribution in [2.45, 2.75) is 172 Å². The van der Waals surface area contributed by atoms with Gasteiger partial charge in [0.25, 0.3) is 0 Å². The monoisotopic (exact) mass is 730 g/mol. The molecule has 0 unspecified atom stereocenters. The van der Waals surface area contributed by atoms with E-state index < -0.39 is 73.1 Å². The van der Waals surface area contributed by atoms with Gasteiger partial charge in [0, 0.05) is 19.4 Å². The fraction of sp³-hybridized carbons (Fsp3) is 1.00. The average molecular weight is 731 g/mol. The lowest BCUT2D eigenvalue weighted by atomic mass is 9.42. The van der Waals surface area contributed by atoms with Crippen LogP contribution in [0.15, 0.2) is 0 Å². The van der Waals surface area contributed by atoms with E-state index in [-0.39, 0.29) is 72.1 Å². The second kappa shape index (κ2) is 15.2. The molecule has 0 aromatic carbocycles. The summed E-state index contributed by atoms with van der Waals surface area (Å²) in [6, 6.07) is 0. The molecule has 2 saturated heterocycles. The van der Waals surface area contributed by atoms with Gasteiger partial charge in [-0.2, -0.15) is 0 Å². The van der Waals surface area contributed by atoms with Gasteiger partial charge in [-0.3, -0.25) is 0 Å². The van der Waals surface area contributed by atoms with Crippen molar-refractivity contribution in [2.24, 2.45) is 46.3 Å². The van der Waals surface area contributed by atoms with Gasteiger partial charge in [0.1, 0.15) is 36.6 Å². The van der Waals surface area contributed by atoms with Gasteiger partial charge in [0.05, 0.1) is 43.2 Å². The van der Waals surface area contributed by atoms with Gasteiger partial charge in [0.15, 0.2) is 12.6 Å². The largest absolute Gasteiger partial charge is 0.394 e. The molecule has 20 atom stereocenters. The molecule has 0 aromatic heterocycles. The first kappa shape index (κ1) is 40.2. The Labute approximate surface area is 302 Å². The number of hydrogen-bond acceptors (Lipinski definition) is 13. The standard InChI is InChI=1S/C38H66O13/c1-18(2)26(49-35-32(31(47-6)27(16-39)50-35)51-34-30(45)29(44)25(43)17-48-34)8-7-19(3)21-14-23(41)33-37(21,5)12-10-28-36(4)11-9-20(40)13-22(36)24(42)15-38(28,33)46/h18-35,39-46H,7-17H2,1-6H3/t19-,20+,21-,22-,23+,24+,25-,26+,27+,28-,29+,30-,31+,32-,33-,34+,35-,36+,37-,38+/m1/s1. The van der Waals surface area contributed by atoms with E-state index in [0.29, 0.717) is 25.7 Å². The predicted molar refractivity (Wildman–Crippen MR) is 183 cm³/mol. The van der Waals surface area contributed by atoms with E-state index in [1.165, 1.54) is 7.11 Å². The molecule has 6 fully saturated rings. The molecule has 4 saturated carbocycles. The SMILES string of the molecule is CO[C@@H]1[C@@H](O[C@@H]2OC[C@@H](O)[C@H](O)[C@H]2O)[C@H](O[C@@H](CC[C@@H](C)[C@H]2C[C@H](O)[C@@H]3[C@]2(C)CC[C@@H]2[C@@]4(C)CC[C@H](O)C[C@@H]4[C@@H](O)C[C@]23O)C(C)C)O[C@H]1CO. The van der Waals surface area contributed by atoms with Crippen LogP contribution >= 0.6 is 0 Å². The van der Waals surface area contributed by atoms with Crippen molar-refractivity contribution in [1.82, 2.24) is 0 Å². The first-order chi connectivity index (χ1) is 24.0. The number of hydrogen-bond donors (Lipinski definition) is 8. The van der Waals surface area contributed by atoms with Gasteiger partial charge in [-0.25, -0.2) is 0 Å². The van der Waals surface area contributed by atoms with Crippen molar-refractivity contribution in [3.63, 3.8) is 0 Å². The van der Waals surface area contributed by atoms with Crippen molar-refractivity contribution >= 4 is 0 Å². The Morgan fingerprint density at radius 2 is 1.53 bits per heavy atom. The molecular formula is C38H66O13. The van der Waals surface area contributed by atoms with Crippen molar-refractivity contribution < 1.29 is 64.5 Å². The lowest BCUT2D eigenvalue weighted by molar-refractivity contribution is -0.308. The number of aliphatic hydroxyl groups is 8. The van der Waals surface area contributed by atoms with E-state index in [0.717, 1.165) is 25.7 Å². The number of fused-ring (bicyclic) bond motifs is 5. The van der Waals surface area contributed by atoms with Crippen LogP contribution in [0.3, 0.4) is 0 Å². The summed E-state index contributed by atoms with van der Waals surface area (Å²) in [7, 11) is 1.47. The summed E-state index contributed by atoms with van der Waals surface area (Å²) in [5.74, 6) is -0.0422. The van der Waals surface area contributed by atoms with Crippen molar-refractivity contribution in [3.05, 3.63) is 0 Å². The minimum Gasteiger partial charge on any atom is -0.394 e. The zero-order valence-electron chi connectivity index (χ0n) is 31.3. The van der Waals surface area contributed by atoms with Gasteiger partial charge in [0.2, 0.25) is 0 Å². The number of methoxy groups -OCH3 is 1. The summed E-state index contributed by atoms with van der Waals surface area (Å²) in [5.41, 5.74) is -1.79. The van der Waals surface area contributed by atoms with E-state index >= 15 is 0 Å². The van der Waals surface area contributed by atoms with Gasteiger partial charge >= 0.3 is 0 Å². The molecule has 2 aliphatic heterocycles. The highest BCUT2D eigenvalue weighted by Crippen LogP contribution is 2.69. The van der Waals surface area contributed by atoms with Crippen LogP contribution in [-0.2, 0) is 23.7 Å². The normalized spacial score (nSPS) is 52.6. The third-order valence-electron chi connectivity index (χ3n) is 14.8. The summed E-state index contributed by atoms with van der Waals surface area (Å²) >= 11 is 0. The summed E-state index contributed by atoms with van der Waals surface area (Å²) in [5, 5.41) is 87.0. The highest BCUT2D eigenvalue weighted by atomic mass is 16.8. The van der Waals surface area contributed by atoms with E-state index in [1.54, 1.807) is 0 Å². The minimum absolute atomic E-state index is 0.0416. The van der Waals surface area contributed by atoms with Crippen LogP contribution in [0.4, 0.5) is 0 Å². The zero-order chi connectivity index (χ0) is 37.2. The highest BCUT2D eigenvalue weighted by Gasteiger charge is 2.70. The van der Waals surface area contributed by atoms with Gasteiger partial charge in [-0.15, -0.1) is 0 Å². The summed E-state index contributed by atoms with van der Waals surface area (Å²) < 4.78 is 29.9. The van der Waals surface area contributed by atoms with E-state index in [4.69, 9.17) is 23.7 Å². The maximum absolute atomic E-state index is 12.6. The molecule has 0 amide bonds. The molecular weight excluding hydrogens is 664 g/mol. The maximum atomic E-state index is 12.6. The van der Waals surface area contributed by atoms with E-state index in [2.05, 4.69) is 34.6 Å². The molecule has 13 nitrogen and oxygen atoms in total. The number of ether oxygens (including phenoxy) is 5. The smallest absolute Gasteiger partial charge is 0.187 e. The second-order valence-corrected chi connectivity index (χ2v) is 18.0. The van der Waals surface area contributed by atoms with Crippen LogP contribution in [0.2, 0.25) is 0 Å². The molecule has 13 heteroatoms. The first-order valence-corrected chi connectivity index (χ1v) is 19.5. The minimum atomic E-state index is -1.52. The van der Waals surface area contributed by atoms with Gasteiger partial charge in [-0.1, -0.05) is 34.6 Å². The maximum Gasteiger partial charge on any atom is 0.187 e. The molecule has 296 valence electrons. The van der Waals surface area contributed by atoms with Crippen LogP contribution in [0.5, 0.6) is 0 Å². The van der Waals surface area contributed by atoms with Crippen molar-refractivity contribution in [2.75, 3.05) is 20.3 Å². The molecule has 6 rings (SSSR count). The van der Waals surface area contributed by atoms with Crippen LogP contribution < -0.4 is 0 Å². The second-order valence-electron chi connectivity index (χ2n) is 18.0. The van der Waals surface area contributed by atoms with Gasteiger partial charge < -0.3 is 64.5 Å². The van der Waals surface area contributed by atoms with Crippen LogP contribution in [0, 0.1) is 46.3 Å². The molecule has 0 aromatic rings. The predicted octanol–water partition coefficient (Wildman–Crippen LogP) is 1.08. The Hall–Kier alpha value is -0.520. The third-order valence-corrected chi connectivity index (χ3v) is 14.8. The van der Waals surface area contributed by atoms with Crippen molar-refractivity contribution in [1.29, 1.82) is 0 Å². The summed E-state index contributed by atoms with van der Waals surface area (Å²) in [4.78, 5) is 0.